The summed E-state index contributed by atoms with van der Waals surface area (Å²) in [5, 5.41) is 10.0. The fourth-order valence-corrected chi connectivity index (χ4v) is 3.82. The van der Waals surface area contributed by atoms with Crippen molar-refractivity contribution in [3.8, 4) is 11.5 Å². The second-order valence-corrected chi connectivity index (χ2v) is 8.85. The summed E-state index contributed by atoms with van der Waals surface area (Å²) in [6.07, 6.45) is 4.22. The molecule has 1 aliphatic rings. The molecule has 1 aliphatic heterocycles. The van der Waals surface area contributed by atoms with E-state index < -0.39 is 0 Å². The van der Waals surface area contributed by atoms with Crippen LogP contribution in [0.5, 0.6) is 11.5 Å². The number of hydrogen-bond acceptors (Lipinski definition) is 4. The molecular weight excluding hydrogens is 342 g/mol. The van der Waals surface area contributed by atoms with Gasteiger partial charge in [-0.05, 0) is 87.4 Å². The number of thioether (sulfide) groups is 1. The van der Waals surface area contributed by atoms with Gasteiger partial charge in [0.05, 0.1) is 0 Å². The third-order valence-electron chi connectivity index (χ3n) is 4.58. The van der Waals surface area contributed by atoms with E-state index >= 15 is 0 Å². The molecule has 0 aromatic heterocycles. The van der Waals surface area contributed by atoms with Crippen LogP contribution in [0.15, 0.2) is 41.3 Å². The average molecular weight is 372 g/mol. The number of aromatic hydroxyl groups is 1. The zero-order chi connectivity index (χ0) is 18.7. The molecule has 3 rings (SSSR count). The van der Waals surface area contributed by atoms with Crippen molar-refractivity contribution < 1.29 is 9.84 Å². The Kier molecular flexibility index (Phi) is 5.83. The van der Waals surface area contributed by atoms with E-state index in [0.29, 0.717) is 5.75 Å². The van der Waals surface area contributed by atoms with E-state index in [0.717, 1.165) is 32.5 Å². The fraction of sp³-hybridized carbons (Fsp3) is 0.455. The Balaban J connectivity index is 1.53. The number of nitrogens with zero attached hydrogens (tertiary/aromatic N) is 1. The van der Waals surface area contributed by atoms with Crippen LogP contribution >= 0.6 is 11.8 Å². The smallest absolute Gasteiger partial charge is 0.161 e. The van der Waals surface area contributed by atoms with E-state index in [1.165, 1.54) is 21.6 Å². The predicted octanol–water partition coefficient (Wildman–Crippen LogP) is 5.24. The van der Waals surface area contributed by atoms with E-state index in [-0.39, 0.29) is 11.4 Å². The summed E-state index contributed by atoms with van der Waals surface area (Å²) in [5.74, 6) is 0.788. The molecule has 0 bridgehead atoms. The molecule has 0 aliphatic carbocycles. The number of fused-ring (bicyclic) bond motifs is 1. The summed E-state index contributed by atoms with van der Waals surface area (Å²) in [7, 11) is 0. The van der Waals surface area contributed by atoms with Gasteiger partial charge in [0, 0.05) is 18.0 Å². The van der Waals surface area contributed by atoms with Crippen LogP contribution in [0.3, 0.4) is 0 Å². The molecule has 0 fully saturated rings. The van der Waals surface area contributed by atoms with Gasteiger partial charge in [-0.3, -0.25) is 4.90 Å². The summed E-state index contributed by atoms with van der Waals surface area (Å²) < 4.78 is 5.85. The minimum absolute atomic E-state index is 0.211. The van der Waals surface area contributed by atoms with Crippen LogP contribution < -0.4 is 4.74 Å². The summed E-state index contributed by atoms with van der Waals surface area (Å²) in [6, 6.07) is 12.5. The van der Waals surface area contributed by atoms with E-state index in [1.807, 2.05) is 32.9 Å². The maximum atomic E-state index is 10.0. The van der Waals surface area contributed by atoms with Crippen LogP contribution in [0.2, 0.25) is 0 Å². The molecule has 0 saturated carbocycles. The first-order chi connectivity index (χ1) is 12.3. The van der Waals surface area contributed by atoms with Gasteiger partial charge in [0.1, 0.15) is 5.60 Å². The quantitative estimate of drug-likeness (QED) is 0.704. The Morgan fingerprint density at radius 1 is 1.08 bits per heavy atom. The molecular formula is C22H29NO2S. The van der Waals surface area contributed by atoms with Crippen LogP contribution in [-0.4, -0.2) is 28.4 Å². The Labute approximate surface area is 161 Å². The molecule has 4 heteroatoms. The van der Waals surface area contributed by atoms with Crippen LogP contribution in [0.4, 0.5) is 0 Å². The number of aryl methyl sites for hydroxylation is 1. The predicted molar refractivity (Wildman–Crippen MR) is 109 cm³/mol. The number of phenols is 1. The van der Waals surface area contributed by atoms with E-state index in [9.17, 15) is 5.11 Å². The summed E-state index contributed by atoms with van der Waals surface area (Å²) in [6.45, 7) is 9.17. The Hall–Kier alpha value is -1.65. The van der Waals surface area contributed by atoms with Gasteiger partial charge >= 0.3 is 0 Å². The van der Waals surface area contributed by atoms with Gasteiger partial charge in [0.25, 0.3) is 0 Å². The molecule has 1 heterocycles. The van der Waals surface area contributed by atoms with Crippen LogP contribution in [0.25, 0.3) is 0 Å². The number of ether oxygens (including phenoxy) is 1. The third kappa shape index (κ3) is 4.95. The fourth-order valence-electron chi connectivity index (χ4n) is 3.36. The maximum absolute atomic E-state index is 10.0. The minimum Gasteiger partial charge on any atom is -0.504 e. The monoisotopic (exact) mass is 371 g/mol. The molecule has 140 valence electrons. The van der Waals surface area contributed by atoms with E-state index in [2.05, 4.69) is 29.4 Å². The number of phenolic OH excluding ortho intramolecular Hbond substituents is 1. The molecule has 0 spiro atoms. The Morgan fingerprint density at radius 2 is 1.85 bits per heavy atom. The SMILES string of the molecule is CSc1ccc2c(c1)CN(CCCc1ccc(O)c(OC(C)(C)C)c1)C2. The molecule has 26 heavy (non-hydrogen) atoms. The molecule has 0 atom stereocenters. The normalized spacial score (nSPS) is 14.5. The van der Waals surface area contributed by atoms with Gasteiger partial charge in [-0.25, -0.2) is 0 Å². The lowest BCUT2D eigenvalue weighted by Gasteiger charge is -2.22. The molecule has 0 amide bonds. The largest absolute Gasteiger partial charge is 0.504 e. The summed E-state index contributed by atoms with van der Waals surface area (Å²) >= 11 is 1.81. The van der Waals surface area contributed by atoms with Crippen molar-refractivity contribution in [2.45, 2.75) is 57.2 Å². The molecule has 1 N–H and O–H groups in total. The standard InChI is InChI=1S/C22H29NO2S/c1-22(2,3)25-21-12-16(7-10-20(21)24)6-5-11-23-14-17-8-9-19(26-4)13-18(17)15-23/h7-10,12-13,24H,5-6,11,14-15H2,1-4H3. The van der Waals surface area contributed by atoms with Crippen LogP contribution in [-0.2, 0) is 19.5 Å². The number of hydrogen-bond donors (Lipinski definition) is 1. The first kappa shape index (κ1) is 19.1. The highest BCUT2D eigenvalue weighted by atomic mass is 32.2. The first-order valence-electron chi connectivity index (χ1n) is 9.23. The van der Waals surface area contributed by atoms with Crippen molar-refractivity contribution in [1.82, 2.24) is 4.90 Å². The van der Waals surface area contributed by atoms with Gasteiger partial charge in [-0.2, -0.15) is 0 Å². The van der Waals surface area contributed by atoms with Crippen molar-refractivity contribution in [3.05, 3.63) is 53.1 Å². The molecule has 0 saturated heterocycles. The Morgan fingerprint density at radius 3 is 2.58 bits per heavy atom. The maximum Gasteiger partial charge on any atom is 0.161 e. The highest BCUT2D eigenvalue weighted by molar-refractivity contribution is 7.98. The molecule has 2 aromatic rings. The topological polar surface area (TPSA) is 32.7 Å². The lowest BCUT2D eigenvalue weighted by atomic mass is 10.1. The molecule has 3 nitrogen and oxygen atoms in total. The van der Waals surface area contributed by atoms with Gasteiger partial charge in [0.2, 0.25) is 0 Å². The van der Waals surface area contributed by atoms with Crippen molar-refractivity contribution in [1.29, 1.82) is 0 Å². The Bertz CT molecular complexity index is 767. The number of benzene rings is 2. The molecule has 2 aromatic carbocycles. The molecule has 0 radical (unpaired) electrons. The van der Waals surface area contributed by atoms with Gasteiger partial charge in [-0.1, -0.05) is 12.1 Å². The van der Waals surface area contributed by atoms with Crippen molar-refractivity contribution >= 4 is 11.8 Å². The highest BCUT2D eigenvalue weighted by Crippen LogP contribution is 2.31. The number of rotatable bonds is 6. The minimum atomic E-state index is -0.312. The lowest BCUT2D eigenvalue weighted by molar-refractivity contribution is 0.126. The van der Waals surface area contributed by atoms with Gasteiger partial charge in [-0.15, -0.1) is 11.8 Å². The zero-order valence-electron chi connectivity index (χ0n) is 16.2. The van der Waals surface area contributed by atoms with Crippen molar-refractivity contribution in [2.24, 2.45) is 0 Å². The van der Waals surface area contributed by atoms with Crippen molar-refractivity contribution in [2.75, 3.05) is 12.8 Å². The van der Waals surface area contributed by atoms with Crippen LogP contribution in [0, 0.1) is 0 Å². The van der Waals surface area contributed by atoms with Gasteiger partial charge < -0.3 is 9.84 Å². The van der Waals surface area contributed by atoms with Gasteiger partial charge in [0.15, 0.2) is 11.5 Å². The first-order valence-corrected chi connectivity index (χ1v) is 10.5. The van der Waals surface area contributed by atoms with Crippen LogP contribution in [0.1, 0.15) is 43.9 Å². The van der Waals surface area contributed by atoms with E-state index in [4.69, 9.17) is 4.74 Å². The summed E-state index contributed by atoms with van der Waals surface area (Å²) in [5.41, 5.74) is 3.84. The lowest BCUT2D eigenvalue weighted by Crippen LogP contribution is -2.23. The highest BCUT2D eigenvalue weighted by Gasteiger charge is 2.19. The third-order valence-corrected chi connectivity index (χ3v) is 5.31. The summed E-state index contributed by atoms with van der Waals surface area (Å²) in [4.78, 5) is 3.86. The zero-order valence-corrected chi connectivity index (χ0v) is 17.0. The molecule has 0 unspecified atom stereocenters. The van der Waals surface area contributed by atoms with Crippen molar-refractivity contribution in [3.63, 3.8) is 0 Å². The second-order valence-electron chi connectivity index (χ2n) is 7.97. The second kappa shape index (κ2) is 7.93. The average Bonchev–Trinajstić information content (AvgIpc) is 2.98. The van der Waals surface area contributed by atoms with E-state index in [1.54, 1.807) is 17.8 Å².